The number of phenols is 2. The number of aliphatic imine (C=N–C) groups is 2. The summed E-state index contributed by atoms with van der Waals surface area (Å²) in [6, 6.07) is 8.57. The molecule has 0 saturated heterocycles. The van der Waals surface area contributed by atoms with Crippen molar-refractivity contribution in [3.05, 3.63) is 46.5 Å². The Morgan fingerprint density at radius 2 is 0.977 bits per heavy atom. The minimum Gasteiger partial charge on any atom is -0.550 e. The fourth-order valence-electron chi connectivity index (χ4n) is 3.88. The molecule has 8 nitrogen and oxygen atoms in total. The summed E-state index contributed by atoms with van der Waals surface area (Å²) in [4.78, 5) is 26.9. The van der Waals surface area contributed by atoms with E-state index in [1.54, 1.807) is 0 Å². The number of carbonyl (C=O) groups excluding carboxylic acids is 2. The molecule has 2 aromatic rings. The van der Waals surface area contributed by atoms with Gasteiger partial charge in [-0.1, -0.05) is 102 Å². The molecule has 2 N–H and O–H groups in total. The Labute approximate surface area is 277 Å². The molecule has 0 spiro atoms. The quantitative estimate of drug-likeness (QED) is 0.220. The zero-order valence-corrected chi connectivity index (χ0v) is 31.5. The Hall–Kier alpha value is -2.74. The number of aliphatic carboxylic acids is 2. The first kappa shape index (κ1) is 43.4. The predicted octanol–water partition coefficient (Wildman–Crippen LogP) is 3.87. The van der Waals surface area contributed by atoms with Crippen LogP contribution in [0.1, 0.15) is 82.1 Å². The van der Waals surface area contributed by atoms with Crippen LogP contribution in [-0.4, -0.2) is 63.8 Å². The molecule has 2 rings (SSSR count). The molecule has 1 radical (unpaired) electrons. The predicted molar refractivity (Wildman–Crippen MR) is 181 cm³/mol. The number of carboxylic acids is 2. The summed E-state index contributed by atoms with van der Waals surface area (Å²) in [6.45, 7) is 25.6. The molecule has 0 fully saturated rings. The number of rotatable bonds is 10. The van der Waals surface area contributed by atoms with Crippen LogP contribution in [0.15, 0.2) is 34.3 Å². The molecular formula is C33H52CoN2O6Si2. The van der Waals surface area contributed by atoms with Gasteiger partial charge in [0.05, 0.1) is 16.1 Å². The van der Waals surface area contributed by atoms with E-state index in [2.05, 4.69) is 101 Å². The van der Waals surface area contributed by atoms with Gasteiger partial charge in [-0.2, -0.15) is 0 Å². The summed E-state index contributed by atoms with van der Waals surface area (Å²) >= 11 is 0. The van der Waals surface area contributed by atoms with E-state index in [4.69, 9.17) is 19.8 Å². The van der Waals surface area contributed by atoms with Crippen LogP contribution in [0, 0.1) is 0 Å². The van der Waals surface area contributed by atoms with Crippen molar-refractivity contribution in [2.24, 2.45) is 9.98 Å². The monoisotopic (exact) mass is 687 g/mol. The van der Waals surface area contributed by atoms with Crippen LogP contribution in [0.25, 0.3) is 0 Å². The van der Waals surface area contributed by atoms with E-state index in [0.29, 0.717) is 24.6 Å². The molecule has 11 heteroatoms. The molecule has 0 amide bonds. The van der Waals surface area contributed by atoms with Crippen molar-refractivity contribution in [3.8, 4) is 11.5 Å². The number of hydrogen-bond donors (Lipinski definition) is 2. The van der Waals surface area contributed by atoms with Crippen LogP contribution in [0.5, 0.6) is 11.5 Å². The van der Waals surface area contributed by atoms with Gasteiger partial charge in [0.1, 0.15) is 11.5 Å². The van der Waals surface area contributed by atoms with Gasteiger partial charge in [0.25, 0.3) is 0 Å². The van der Waals surface area contributed by atoms with Crippen LogP contribution >= 0.6 is 0 Å². The number of nitrogens with zero attached hydrogens (tertiary/aromatic N) is 2. The summed E-state index contributed by atoms with van der Waals surface area (Å²) in [5.41, 5.74) is 3.62. The Morgan fingerprint density at radius 1 is 0.705 bits per heavy atom. The molecule has 0 bridgehead atoms. The Bertz CT molecular complexity index is 1180. The molecule has 44 heavy (non-hydrogen) atoms. The molecule has 0 aliphatic carbocycles. The Kier molecular flexibility index (Phi) is 19.3. The second-order valence-corrected chi connectivity index (χ2v) is 23.4. The van der Waals surface area contributed by atoms with E-state index >= 15 is 0 Å². The topological polar surface area (TPSA) is 145 Å². The third kappa shape index (κ3) is 16.4. The van der Waals surface area contributed by atoms with E-state index < -0.39 is 28.1 Å². The average Bonchev–Trinajstić information content (AvgIpc) is 2.82. The zero-order chi connectivity index (χ0) is 33.7. The SMILES string of the molecule is CC(=O)[O-].CC(=O)[O-].CC(C)c1cc([Si](C)(C)C)cc(C=NCCCN=Cc2cc([Si](C)(C)C)cc(C(C)C)c2O)c1O.[Co+2]. The molecule has 247 valence electrons. The third-order valence-corrected chi connectivity index (χ3v) is 10.4. The van der Waals surface area contributed by atoms with Crippen molar-refractivity contribution in [1.29, 1.82) is 0 Å². The van der Waals surface area contributed by atoms with Gasteiger partial charge < -0.3 is 30.0 Å². The number of hydrogen-bond acceptors (Lipinski definition) is 8. The fourth-order valence-corrected chi connectivity index (χ4v) is 6.24. The maximum atomic E-state index is 10.8. The van der Waals surface area contributed by atoms with Crippen molar-refractivity contribution < 1.29 is 46.8 Å². The van der Waals surface area contributed by atoms with Crippen molar-refractivity contribution in [3.63, 3.8) is 0 Å². The Morgan fingerprint density at radius 3 is 1.20 bits per heavy atom. The fraction of sp³-hybridized carbons (Fsp3) is 0.515. The molecule has 0 atom stereocenters. The van der Waals surface area contributed by atoms with Crippen molar-refractivity contribution in [2.45, 2.75) is 99.1 Å². The van der Waals surface area contributed by atoms with Crippen molar-refractivity contribution in [1.82, 2.24) is 0 Å². The summed E-state index contributed by atoms with van der Waals surface area (Å²) in [5.74, 6) is -0.940. The average molecular weight is 688 g/mol. The minimum absolute atomic E-state index is 0. The van der Waals surface area contributed by atoms with E-state index in [1.165, 1.54) is 10.4 Å². The van der Waals surface area contributed by atoms with Crippen LogP contribution in [0.2, 0.25) is 39.3 Å². The second kappa shape index (κ2) is 19.6. The molecule has 0 heterocycles. The van der Waals surface area contributed by atoms with E-state index in [0.717, 1.165) is 42.5 Å². The van der Waals surface area contributed by atoms with Crippen molar-refractivity contribution >= 4 is 50.9 Å². The summed E-state index contributed by atoms with van der Waals surface area (Å²) in [6.07, 6.45) is 4.43. The largest absolute Gasteiger partial charge is 2.00 e. The first-order chi connectivity index (χ1) is 19.6. The van der Waals surface area contributed by atoms with Gasteiger partial charge >= 0.3 is 16.8 Å². The van der Waals surface area contributed by atoms with Crippen LogP contribution in [0.3, 0.4) is 0 Å². The number of phenolic OH excluding ortho intramolecular Hbond substituents is 2. The minimum atomic E-state index is -1.50. The van der Waals surface area contributed by atoms with Gasteiger partial charge in [0.2, 0.25) is 0 Å². The van der Waals surface area contributed by atoms with Gasteiger partial charge in [-0.25, -0.2) is 0 Å². The molecule has 2 aromatic carbocycles. The molecule has 0 aliphatic rings. The second-order valence-electron chi connectivity index (χ2n) is 13.2. The van der Waals surface area contributed by atoms with E-state index in [9.17, 15) is 10.2 Å². The number of aromatic hydroxyl groups is 2. The van der Waals surface area contributed by atoms with Crippen LogP contribution in [-0.2, 0) is 26.4 Å². The molecular weight excluding hydrogens is 635 g/mol. The molecule has 0 aromatic heterocycles. The van der Waals surface area contributed by atoms with E-state index in [-0.39, 0.29) is 28.6 Å². The number of carboxylic acid groups (broad SMARTS) is 2. The number of carbonyl (C=O) groups is 2. The van der Waals surface area contributed by atoms with Gasteiger partial charge in [-0.3, -0.25) is 9.98 Å². The molecule has 0 saturated carbocycles. The van der Waals surface area contributed by atoms with Gasteiger partial charge in [-0.15, -0.1) is 0 Å². The van der Waals surface area contributed by atoms with Gasteiger partial charge in [-0.05, 0) is 43.2 Å². The summed E-state index contributed by atoms with van der Waals surface area (Å²) < 4.78 is 0. The van der Waals surface area contributed by atoms with Gasteiger partial charge in [0, 0.05) is 48.6 Å². The normalized spacial score (nSPS) is 11.6. The zero-order valence-electron chi connectivity index (χ0n) is 28.5. The smallest absolute Gasteiger partial charge is 0.550 e. The summed E-state index contributed by atoms with van der Waals surface area (Å²) in [7, 11) is -3.01. The third-order valence-electron chi connectivity index (χ3n) is 6.35. The van der Waals surface area contributed by atoms with Crippen LogP contribution < -0.4 is 20.6 Å². The Balaban J connectivity index is 0. The first-order valence-electron chi connectivity index (χ1n) is 14.7. The standard InChI is InChI=1S/C29H46N2O2Si2.2C2H4O2.Co/c1-20(2)26-16-24(34(5,6)7)14-22(28(26)32)18-30-12-11-13-31-19-23-15-25(35(8,9)10)17-27(21(3)4)29(23)33;2*1-2(3)4;/h14-21,32-33H,11-13H2,1-10H3;2*1H3,(H,3,4);/q;;;+2/p-2. The summed E-state index contributed by atoms with van der Waals surface area (Å²) in [5, 5.41) is 42.0. The van der Waals surface area contributed by atoms with Crippen LogP contribution in [0.4, 0.5) is 0 Å². The number of benzene rings is 2. The first-order valence-corrected chi connectivity index (χ1v) is 21.7. The maximum absolute atomic E-state index is 10.8. The molecule has 0 unspecified atom stereocenters. The maximum Gasteiger partial charge on any atom is 2.00 e. The van der Waals surface area contributed by atoms with Gasteiger partial charge in [0.15, 0.2) is 0 Å². The van der Waals surface area contributed by atoms with E-state index in [1.807, 2.05) is 12.4 Å². The van der Waals surface area contributed by atoms with Crippen molar-refractivity contribution in [2.75, 3.05) is 13.1 Å². The molecule has 0 aliphatic heterocycles.